The van der Waals surface area contributed by atoms with Gasteiger partial charge in [-0.05, 0) is 24.1 Å². The number of nitrogens with zero attached hydrogens (tertiary/aromatic N) is 1. The van der Waals surface area contributed by atoms with Crippen molar-refractivity contribution in [2.45, 2.75) is 19.8 Å². The summed E-state index contributed by atoms with van der Waals surface area (Å²) >= 11 is 0. The van der Waals surface area contributed by atoms with Crippen molar-refractivity contribution in [2.75, 3.05) is 14.2 Å². The highest BCUT2D eigenvalue weighted by Gasteiger charge is 2.18. The number of ether oxygens (including phenoxy) is 2. The Morgan fingerprint density at radius 1 is 1.24 bits per heavy atom. The Balaban J connectivity index is 2.53. The van der Waals surface area contributed by atoms with E-state index in [2.05, 4.69) is 12.1 Å². The molecule has 21 heavy (non-hydrogen) atoms. The molecule has 0 saturated heterocycles. The maximum absolute atomic E-state index is 10.9. The SMILES string of the molecule is CCCc1cc(OC)c(-c2cc(C(=O)O)on2)cc1OC. The first-order chi connectivity index (χ1) is 10.1. The molecule has 0 fully saturated rings. The van der Waals surface area contributed by atoms with Gasteiger partial charge in [-0.3, -0.25) is 0 Å². The van der Waals surface area contributed by atoms with Crippen LogP contribution < -0.4 is 9.47 Å². The fraction of sp³-hybridized carbons (Fsp3) is 0.333. The van der Waals surface area contributed by atoms with Gasteiger partial charge in [0.15, 0.2) is 0 Å². The lowest BCUT2D eigenvalue weighted by Crippen LogP contribution is -1.96. The molecule has 0 aliphatic carbocycles. The number of methoxy groups -OCH3 is 2. The van der Waals surface area contributed by atoms with Crippen LogP contribution in [0.1, 0.15) is 29.5 Å². The third-order valence-corrected chi connectivity index (χ3v) is 3.12. The van der Waals surface area contributed by atoms with Crippen LogP contribution in [0.5, 0.6) is 11.5 Å². The van der Waals surface area contributed by atoms with Crippen LogP contribution in [0.4, 0.5) is 0 Å². The Morgan fingerprint density at radius 3 is 2.48 bits per heavy atom. The van der Waals surface area contributed by atoms with Crippen molar-refractivity contribution in [3.8, 4) is 22.8 Å². The minimum atomic E-state index is -1.16. The third kappa shape index (κ3) is 2.99. The molecule has 6 nitrogen and oxygen atoms in total. The Kier molecular flexibility index (Phi) is 4.47. The molecule has 1 aromatic carbocycles. The summed E-state index contributed by atoms with van der Waals surface area (Å²) < 4.78 is 15.5. The van der Waals surface area contributed by atoms with Crippen LogP contribution in [-0.2, 0) is 6.42 Å². The zero-order chi connectivity index (χ0) is 15.4. The fourth-order valence-corrected chi connectivity index (χ4v) is 2.13. The van der Waals surface area contributed by atoms with Gasteiger partial charge >= 0.3 is 5.97 Å². The molecule has 0 aliphatic rings. The molecule has 6 heteroatoms. The zero-order valence-corrected chi connectivity index (χ0v) is 12.2. The van der Waals surface area contributed by atoms with Gasteiger partial charge in [-0.15, -0.1) is 0 Å². The molecule has 0 amide bonds. The van der Waals surface area contributed by atoms with Crippen molar-refractivity contribution in [3.63, 3.8) is 0 Å². The summed E-state index contributed by atoms with van der Waals surface area (Å²) in [5, 5.41) is 12.7. The largest absolute Gasteiger partial charge is 0.496 e. The van der Waals surface area contributed by atoms with E-state index in [0.717, 1.165) is 18.4 Å². The first-order valence-corrected chi connectivity index (χ1v) is 6.56. The Labute approximate surface area is 122 Å². The molecule has 0 saturated carbocycles. The summed E-state index contributed by atoms with van der Waals surface area (Å²) in [6, 6.07) is 5.03. The van der Waals surface area contributed by atoms with Crippen LogP contribution in [-0.4, -0.2) is 30.5 Å². The summed E-state index contributed by atoms with van der Waals surface area (Å²) in [4.78, 5) is 10.9. The Morgan fingerprint density at radius 2 is 1.95 bits per heavy atom. The van der Waals surface area contributed by atoms with E-state index in [4.69, 9.17) is 19.1 Å². The molecule has 1 N–H and O–H groups in total. The van der Waals surface area contributed by atoms with Crippen LogP contribution in [0.25, 0.3) is 11.3 Å². The van der Waals surface area contributed by atoms with Crippen LogP contribution in [0, 0.1) is 0 Å². The molecule has 0 radical (unpaired) electrons. The minimum Gasteiger partial charge on any atom is -0.496 e. The van der Waals surface area contributed by atoms with Gasteiger partial charge in [-0.1, -0.05) is 18.5 Å². The summed E-state index contributed by atoms with van der Waals surface area (Å²) in [5.41, 5.74) is 2.05. The fourth-order valence-electron chi connectivity index (χ4n) is 2.13. The van der Waals surface area contributed by atoms with Crippen LogP contribution >= 0.6 is 0 Å². The number of aromatic nitrogens is 1. The number of carboxylic acid groups (broad SMARTS) is 1. The van der Waals surface area contributed by atoms with Crippen LogP contribution in [0.3, 0.4) is 0 Å². The first-order valence-electron chi connectivity index (χ1n) is 6.56. The van der Waals surface area contributed by atoms with Gasteiger partial charge < -0.3 is 19.1 Å². The van der Waals surface area contributed by atoms with E-state index in [0.29, 0.717) is 22.8 Å². The van der Waals surface area contributed by atoms with E-state index in [-0.39, 0.29) is 5.76 Å². The van der Waals surface area contributed by atoms with E-state index in [1.165, 1.54) is 6.07 Å². The second-order valence-electron chi connectivity index (χ2n) is 4.50. The lowest BCUT2D eigenvalue weighted by Gasteiger charge is -2.13. The highest BCUT2D eigenvalue weighted by Crippen LogP contribution is 2.36. The molecule has 112 valence electrons. The second kappa shape index (κ2) is 6.30. The van der Waals surface area contributed by atoms with Gasteiger partial charge in [0, 0.05) is 11.6 Å². The van der Waals surface area contributed by atoms with E-state index >= 15 is 0 Å². The monoisotopic (exact) mass is 291 g/mol. The number of rotatable bonds is 6. The molecule has 0 unspecified atom stereocenters. The van der Waals surface area contributed by atoms with Crippen molar-refractivity contribution in [1.29, 1.82) is 0 Å². The standard InChI is InChI=1S/C15H17NO5/c1-4-5-9-6-13(20-3)10(7-12(9)19-2)11-8-14(15(17)18)21-16-11/h6-8H,4-5H2,1-3H3,(H,17,18). The summed E-state index contributed by atoms with van der Waals surface area (Å²) in [7, 11) is 3.15. The van der Waals surface area contributed by atoms with E-state index in [9.17, 15) is 4.79 Å². The van der Waals surface area contributed by atoms with Gasteiger partial charge in [0.05, 0.1) is 14.2 Å². The number of hydrogen-bond acceptors (Lipinski definition) is 5. The van der Waals surface area contributed by atoms with Crippen LogP contribution in [0.2, 0.25) is 0 Å². The molecule has 2 rings (SSSR count). The number of aromatic carboxylic acids is 1. The predicted octanol–water partition coefficient (Wildman–Crippen LogP) is 3.01. The van der Waals surface area contributed by atoms with Gasteiger partial charge in [0.1, 0.15) is 17.2 Å². The second-order valence-corrected chi connectivity index (χ2v) is 4.50. The van der Waals surface area contributed by atoms with Gasteiger partial charge in [-0.2, -0.15) is 0 Å². The quantitative estimate of drug-likeness (QED) is 0.881. The van der Waals surface area contributed by atoms with Gasteiger partial charge in [0.25, 0.3) is 0 Å². The maximum Gasteiger partial charge on any atom is 0.374 e. The normalized spacial score (nSPS) is 10.4. The minimum absolute atomic E-state index is 0.219. The highest BCUT2D eigenvalue weighted by atomic mass is 16.5. The number of carboxylic acids is 1. The molecular weight excluding hydrogens is 274 g/mol. The number of aryl methyl sites for hydroxylation is 1. The third-order valence-electron chi connectivity index (χ3n) is 3.12. The van der Waals surface area contributed by atoms with Crippen molar-refractivity contribution >= 4 is 5.97 Å². The van der Waals surface area contributed by atoms with Crippen LogP contribution in [0.15, 0.2) is 22.7 Å². The smallest absolute Gasteiger partial charge is 0.374 e. The summed E-state index contributed by atoms with van der Waals surface area (Å²) in [5.74, 6) is -0.0667. The number of benzene rings is 1. The summed E-state index contributed by atoms with van der Waals surface area (Å²) in [6.07, 6.45) is 1.84. The van der Waals surface area contributed by atoms with Crippen molar-refractivity contribution in [2.24, 2.45) is 0 Å². The molecule has 2 aromatic rings. The molecule has 1 heterocycles. The van der Waals surface area contributed by atoms with Gasteiger partial charge in [0.2, 0.25) is 5.76 Å². The maximum atomic E-state index is 10.9. The van der Waals surface area contributed by atoms with E-state index in [1.54, 1.807) is 20.3 Å². The molecule has 0 spiro atoms. The Hall–Kier alpha value is -2.50. The molecule has 0 atom stereocenters. The topological polar surface area (TPSA) is 81.8 Å². The lowest BCUT2D eigenvalue weighted by atomic mass is 10.0. The van der Waals surface area contributed by atoms with Crippen molar-refractivity contribution in [3.05, 3.63) is 29.5 Å². The van der Waals surface area contributed by atoms with Crippen molar-refractivity contribution in [1.82, 2.24) is 5.16 Å². The lowest BCUT2D eigenvalue weighted by molar-refractivity contribution is 0.0652. The molecule has 1 aromatic heterocycles. The zero-order valence-electron chi connectivity index (χ0n) is 12.2. The van der Waals surface area contributed by atoms with E-state index < -0.39 is 5.97 Å². The average Bonchev–Trinajstić information content (AvgIpc) is 2.97. The van der Waals surface area contributed by atoms with E-state index in [1.807, 2.05) is 6.07 Å². The molecule has 0 bridgehead atoms. The average molecular weight is 291 g/mol. The number of hydrogen-bond donors (Lipinski definition) is 1. The van der Waals surface area contributed by atoms with Gasteiger partial charge in [-0.25, -0.2) is 4.79 Å². The Bertz CT molecular complexity index is 648. The summed E-state index contributed by atoms with van der Waals surface area (Å²) in [6.45, 7) is 2.08. The van der Waals surface area contributed by atoms with Crippen molar-refractivity contribution < 1.29 is 23.9 Å². The molecule has 0 aliphatic heterocycles. The molecular formula is C15H17NO5. The first kappa shape index (κ1) is 14.9. The number of carbonyl (C=O) groups is 1. The highest BCUT2D eigenvalue weighted by molar-refractivity contribution is 5.86. The predicted molar refractivity (Wildman–Crippen MR) is 76.0 cm³/mol.